The minimum absolute atomic E-state index is 0.0717. The van der Waals surface area contributed by atoms with Gasteiger partial charge in [0.2, 0.25) is 5.91 Å². The lowest BCUT2D eigenvalue weighted by Crippen LogP contribution is -2.43. The molecule has 5 nitrogen and oxygen atoms in total. The highest BCUT2D eigenvalue weighted by atomic mass is 127. The molecule has 0 aliphatic rings. The van der Waals surface area contributed by atoms with Crippen LogP contribution >= 0.6 is 33.9 Å². The van der Waals surface area contributed by atoms with Crippen LogP contribution in [0.5, 0.6) is 0 Å². The molecule has 0 radical (unpaired) electrons. The minimum Gasteiger partial charge on any atom is -0.357 e. The predicted molar refractivity (Wildman–Crippen MR) is 103 cm³/mol. The molecule has 7 heteroatoms. The lowest BCUT2D eigenvalue weighted by molar-refractivity contribution is -0.121. The first kappa shape index (κ1) is 19.2. The van der Waals surface area contributed by atoms with E-state index >= 15 is 0 Å². The molecule has 0 aliphatic heterocycles. The first-order valence-electron chi connectivity index (χ1n) is 7.37. The minimum atomic E-state index is -0.227. The summed E-state index contributed by atoms with van der Waals surface area (Å²) in [6.07, 6.45) is 0.951. The maximum absolute atomic E-state index is 11.8. The van der Waals surface area contributed by atoms with Gasteiger partial charge in [-0.25, -0.2) is 4.99 Å². The van der Waals surface area contributed by atoms with Crippen molar-refractivity contribution in [1.82, 2.24) is 16.0 Å². The number of halogens is 1. The van der Waals surface area contributed by atoms with Gasteiger partial charge in [-0.3, -0.25) is 4.79 Å². The molecule has 1 aromatic rings. The zero-order chi connectivity index (χ0) is 16.6. The number of nitrogens with one attached hydrogen (secondary N) is 3. The third-order valence-corrected chi connectivity index (χ3v) is 4.49. The van der Waals surface area contributed by atoms with Crippen molar-refractivity contribution in [2.24, 2.45) is 4.99 Å². The van der Waals surface area contributed by atoms with Gasteiger partial charge in [0, 0.05) is 23.5 Å². The normalized spacial score (nSPS) is 12.1. The van der Waals surface area contributed by atoms with Gasteiger partial charge in [-0.1, -0.05) is 0 Å². The quantitative estimate of drug-likeness (QED) is 0.365. The first-order valence-corrected chi connectivity index (χ1v) is 9.27. The predicted octanol–water partition coefficient (Wildman–Crippen LogP) is 2.37. The van der Waals surface area contributed by atoms with E-state index in [1.807, 2.05) is 27.7 Å². The molecule has 0 atom stereocenters. The van der Waals surface area contributed by atoms with Crippen LogP contribution in [0.4, 0.5) is 0 Å². The SMILES string of the molecule is CCNC(=NCC(=O)NC(C)(C)C)NCCc1ccc(I)s1. The lowest BCUT2D eigenvalue weighted by atomic mass is 10.1. The fraction of sp³-hybridized carbons (Fsp3) is 0.600. The second-order valence-electron chi connectivity index (χ2n) is 5.88. The molecule has 1 heterocycles. The van der Waals surface area contributed by atoms with Crippen LogP contribution in [0.25, 0.3) is 0 Å². The monoisotopic (exact) mass is 436 g/mol. The standard InChI is InChI=1S/C15H25IN4OS/c1-5-17-14(19-10-13(21)20-15(2,3)4)18-9-8-11-6-7-12(16)22-11/h6-7H,5,8-10H2,1-4H3,(H,20,21)(H2,17,18,19). The Morgan fingerprint density at radius 3 is 2.59 bits per heavy atom. The van der Waals surface area contributed by atoms with Gasteiger partial charge in [-0.05, 0) is 68.8 Å². The lowest BCUT2D eigenvalue weighted by Gasteiger charge is -2.20. The number of nitrogens with zero attached hydrogens (tertiary/aromatic N) is 1. The van der Waals surface area contributed by atoms with Crippen LogP contribution in [0.15, 0.2) is 17.1 Å². The third kappa shape index (κ3) is 8.57. The maximum Gasteiger partial charge on any atom is 0.242 e. The second kappa shape index (κ2) is 9.34. The molecule has 124 valence electrons. The van der Waals surface area contributed by atoms with E-state index in [4.69, 9.17) is 0 Å². The second-order valence-corrected chi connectivity index (χ2v) is 8.94. The highest BCUT2D eigenvalue weighted by Gasteiger charge is 2.13. The number of rotatable bonds is 6. The molecule has 0 aliphatic carbocycles. The average Bonchev–Trinajstić information content (AvgIpc) is 2.80. The Kier molecular flexibility index (Phi) is 8.16. The van der Waals surface area contributed by atoms with E-state index in [0.29, 0.717) is 5.96 Å². The number of hydrogen-bond acceptors (Lipinski definition) is 3. The molecule has 1 rings (SSSR count). The van der Waals surface area contributed by atoms with Gasteiger partial charge in [-0.15, -0.1) is 11.3 Å². The van der Waals surface area contributed by atoms with Gasteiger partial charge in [0.25, 0.3) is 0 Å². The Hall–Kier alpha value is -0.830. The summed E-state index contributed by atoms with van der Waals surface area (Å²) in [4.78, 5) is 17.5. The molecule has 0 spiro atoms. The van der Waals surface area contributed by atoms with E-state index in [0.717, 1.165) is 19.5 Å². The van der Waals surface area contributed by atoms with Crippen LogP contribution in [-0.4, -0.2) is 37.0 Å². The Morgan fingerprint density at radius 2 is 2.05 bits per heavy atom. The highest BCUT2D eigenvalue weighted by Crippen LogP contribution is 2.18. The van der Waals surface area contributed by atoms with Crippen molar-refractivity contribution >= 4 is 45.8 Å². The number of hydrogen-bond donors (Lipinski definition) is 3. The number of guanidine groups is 1. The van der Waals surface area contributed by atoms with Crippen LogP contribution in [0.2, 0.25) is 0 Å². The molecule has 0 aromatic carbocycles. The van der Waals surface area contributed by atoms with Gasteiger partial charge in [0.15, 0.2) is 5.96 Å². The zero-order valence-electron chi connectivity index (χ0n) is 13.6. The molecule has 0 unspecified atom stereocenters. The molecule has 1 aromatic heterocycles. The average molecular weight is 436 g/mol. The van der Waals surface area contributed by atoms with Gasteiger partial charge in [-0.2, -0.15) is 0 Å². The van der Waals surface area contributed by atoms with Crippen LogP contribution in [0.3, 0.4) is 0 Å². The van der Waals surface area contributed by atoms with E-state index in [2.05, 4.69) is 55.7 Å². The Morgan fingerprint density at radius 1 is 1.32 bits per heavy atom. The molecule has 3 N–H and O–H groups in total. The Balaban J connectivity index is 2.43. The topological polar surface area (TPSA) is 65.5 Å². The van der Waals surface area contributed by atoms with Crippen LogP contribution < -0.4 is 16.0 Å². The molecule has 0 fully saturated rings. The van der Waals surface area contributed by atoms with Crippen molar-refractivity contribution in [3.8, 4) is 0 Å². The van der Waals surface area contributed by atoms with Crippen LogP contribution in [0, 0.1) is 2.88 Å². The molecule has 0 bridgehead atoms. The molecule has 22 heavy (non-hydrogen) atoms. The summed E-state index contributed by atoms with van der Waals surface area (Å²) in [7, 11) is 0. The summed E-state index contributed by atoms with van der Waals surface area (Å²) in [5.41, 5.74) is -0.227. The molecular formula is C15H25IN4OS. The number of thiophene rings is 1. The molecule has 0 saturated heterocycles. The molecule has 0 saturated carbocycles. The summed E-state index contributed by atoms with van der Waals surface area (Å²) in [5.74, 6) is 0.607. The van der Waals surface area contributed by atoms with Crippen molar-refractivity contribution in [3.05, 3.63) is 19.9 Å². The van der Waals surface area contributed by atoms with Crippen molar-refractivity contribution < 1.29 is 4.79 Å². The van der Waals surface area contributed by atoms with Gasteiger partial charge >= 0.3 is 0 Å². The van der Waals surface area contributed by atoms with Crippen molar-refractivity contribution in [1.29, 1.82) is 0 Å². The Labute approximate surface area is 150 Å². The van der Waals surface area contributed by atoms with Crippen LogP contribution in [0.1, 0.15) is 32.6 Å². The first-order chi connectivity index (χ1) is 10.3. The van der Waals surface area contributed by atoms with E-state index in [-0.39, 0.29) is 18.0 Å². The summed E-state index contributed by atoms with van der Waals surface area (Å²) >= 11 is 4.13. The number of aliphatic imine (C=N–C) groups is 1. The van der Waals surface area contributed by atoms with E-state index in [9.17, 15) is 4.79 Å². The van der Waals surface area contributed by atoms with Gasteiger partial charge in [0.05, 0.1) is 2.88 Å². The van der Waals surface area contributed by atoms with Crippen molar-refractivity contribution in [2.45, 2.75) is 39.7 Å². The van der Waals surface area contributed by atoms with Crippen LogP contribution in [-0.2, 0) is 11.2 Å². The van der Waals surface area contributed by atoms with Crippen molar-refractivity contribution in [3.63, 3.8) is 0 Å². The smallest absolute Gasteiger partial charge is 0.242 e. The zero-order valence-corrected chi connectivity index (χ0v) is 16.6. The largest absolute Gasteiger partial charge is 0.357 e. The fourth-order valence-corrected chi connectivity index (χ4v) is 3.50. The number of carbonyl (C=O) groups is 1. The molecule has 1 amide bonds. The summed E-state index contributed by atoms with van der Waals surface area (Å²) in [6, 6.07) is 4.27. The maximum atomic E-state index is 11.8. The van der Waals surface area contributed by atoms with E-state index in [1.165, 1.54) is 7.76 Å². The summed E-state index contributed by atoms with van der Waals surface area (Å²) in [6.45, 7) is 9.58. The van der Waals surface area contributed by atoms with Crippen molar-refractivity contribution in [2.75, 3.05) is 19.6 Å². The summed E-state index contributed by atoms with van der Waals surface area (Å²) < 4.78 is 1.30. The van der Waals surface area contributed by atoms with E-state index in [1.54, 1.807) is 11.3 Å². The van der Waals surface area contributed by atoms with Gasteiger partial charge < -0.3 is 16.0 Å². The fourth-order valence-electron chi connectivity index (χ4n) is 1.74. The van der Waals surface area contributed by atoms with E-state index < -0.39 is 0 Å². The third-order valence-electron chi connectivity index (χ3n) is 2.53. The number of carbonyl (C=O) groups excluding carboxylic acids is 1. The highest BCUT2D eigenvalue weighted by molar-refractivity contribution is 14.1. The molecular weight excluding hydrogens is 411 g/mol. The van der Waals surface area contributed by atoms with Gasteiger partial charge in [0.1, 0.15) is 6.54 Å². The summed E-state index contributed by atoms with van der Waals surface area (Å²) in [5, 5.41) is 9.31. The Bertz CT molecular complexity index is 508. The number of amides is 1.